The summed E-state index contributed by atoms with van der Waals surface area (Å²) in [6.45, 7) is 4.16. The molecule has 0 saturated carbocycles. The van der Waals surface area contributed by atoms with Crippen molar-refractivity contribution >= 4 is 23.6 Å². The van der Waals surface area contributed by atoms with E-state index in [1.165, 1.54) is 5.56 Å². The van der Waals surface area contributed by atoms with Gasteiger partial charge in [-0.2, -0.15) is 0 Å². The first-order valence-electron chi connectivity index (χ1n) is 8.75. The molecule has 0 fully saturated rings. The van der Waals surface area contributed by atoms with Crippen LogP contribution in [0.25, 0.3) is 0 Å². The minimum Gasteiger partial charge on any atom is -0.453 e. The Kier molecular flexibility index (Phi) is 8.22. The average Bonchev–Trinajstić information content (AvgIpc) is 2.64. The third-order valence-electron chi connectivity index (χ3n) is 3.83. The summed E-state index contributed by atoms with van der Waals surface area (Å²) in [7, 11) is 0. The number of carbonyl (C=O) groups is 2. The second-order valence-electron chi connectivity index (χ2n) is 6.07. The fourth-order valence-corrected chi connectivity index (χ4v) is 3.15. The highest BCUT2D eigenvalue weighted by Crippen LogP contribution is 2.19. The van der Waals surface area contributed by atoms with Crippen LogP contribution in [0, 0.1) is 6.92 Å². The molecule has 0 aliphatic heterocycles. The van der Waals surface area contributed by atoms with Gasteiger partial charge in [-0.1, -0.05) is 48.0 Å². The minimum atomic E-state index is -0.775. The lowest BCUT2D eigenvalue weighted by atomic mass is 10.1. The van der Waals surface area contributed by atoms with Crippen molar-refractivity contribution in [2.75, 3.05) is 12.3 Å². The first-order valence-corrected chi connectivity index (χ1v) is 9.74. The number of rotatable bonds is 9. The summed E-state index contributed by atoms with van der Waals surface area (Å²) in [5.74, 6) is 0.0142. The standard InChI is InChI=1S/C21H25NO3S/c1-16-8-10-19(11-9-16)26-15-13-20(23)25-17(2)21(24)22-14-12-18-6-4-3-5-7-18/h3-11,17H,12-15H2,1-2H3,(H,22,24). The van der Waals surface area contributed by atoms with Gasteiger partial charge in [-0.15, -0.1) is 11.8 Å². The number of hydrogen-bond acceptors (Lipinski definition) is 4. The molecule has 0 heterocycles. The van der Waals surface area contributed by atoms with Crippen LogP contribution in [0.15, 0.2) is 59.5 Å². The summed E-state index contributed by atoms with van der Waals surface area (Å²) >= 11 is 1.60. The summed E-state index contributed by atoms with van der Waals surface area (Å²) in [4.78, 5) is 25.0. The van der Waals surface area contributed by atoms with Gasteiger partial charge in [0, 0.05) is 17.2 Å². The van der Waals surface area contributed by atoms with Crippen molar-refractivity contribution in [2.24, 2.45) is 0 Å². The zero-order chi connectivity index (χ0) is 18.8. The second-order valence-corrected chi connectivity index (χ2v) is 7.24. The molecular weight excluding hydrogens is 346 g/mol. The Balaban J connectivity index is 1.62. The Morgan fingerprint density at radius 2 is 1.77 bits per heavy atom. The SMILES string of the molecule is Cc1ccc(SCCC(=O)OC(C)C(=O)NCCc2ccccc2)cc1. The number of thioether (sulfide) groups is 1. The minimum absolute atomic E-state index is 0.263. The zero-order valence-corrected chi connectivity index (χ0v) is 16.1. The van der Waals surface area contributed by atoms with E-state index >= 15 is 0 Å². The van der Waals surface area contributed by atoms with Gasteiger partial charge in [0.05, 0.1) is 6.42 Å². The van der Waals surface area contributed by atoms with Crippen molar-refractivity contribution in [2.45, 2.75) is 37.7 Å². The highest BCUT2D eigenvalue weighted by molar-refractivity contribution is 7.99. The van der Waals surface area contributed by atoms with E-state index in [9.17, 15) is 9.59 Å². The molecular formula is C21H25NO3S. The summed E-state index contributed by atoms with van der Waals surface area (Å²) in [6, 6.07) is 18.1. The van der Waals surface area contributed by atoms with Crippen molar-refractivity contribution in [3.05, 3.63) is 65.7 Å². The number of esters is 1. The van der Waals surface area contributed by atoms with Crippen LogP contribution in [0.5, 0.6) is 0 Å². The molecule has 5 heteroatoms. The average molecular weight is 372 g/mol. The van der Waals surface area contributed by atoms with Crippen LogP contribution in [0.4, 0.5) is 0 Å². The molecule has 2 rings (SSSR count). The fourth-order valence-electron chi connectivity index (χ4n) is 2.31. The number of aryl methyl sites for hydroxylation is 1. The molecule has 0 bridgehead atoms. The van der Waals surface area contributed by atoms with Crippen LogP contribution in [0.3, 0.4) is 0 Å². The van der Waals surface area contributed by atoms with Gasteiger partial charge in [0.15, 0.2) is 6.10 Å². The van der Waals surface area contributed by atoms with Crippen molar-refractivity contribution in [1.29, 1.82) is 0 Å². The summed E-state index contributed by atoms with van der Waals surface area (Å²) in [6.07, 6.45) is 0.253. The Morgan fingerprint density at radius 1 is 1.08 bits per heavy atom. The van der Waals surface area contributed by atoms with Gasteiger partial charge in [-0.3, -0.25) is 9.59 Å². The molecule has 2 aromatic carbocycles. The third-order valence-corrected chi connectivity index (χ3v) is 4.84. The van der Waals surface area contributed by atoms with E-state index in [-0.39, 0.29) is 18.3 Å². The Hall–Kier alpha value is -2.27. The third kappa shape index (κ3) is 7.31. The Morgan fingerprint density at radius 3 is 2.46 bits per heavy atom. The normalized spacial score (nSPS) is 11.6. The van der Waals surface area contributed by atoms with Crippen molar-refractivity contribution < 1.29 is 14.3 Å². The fraction of sp³-hybridized carbons (Fsp3) is 0.333. The number of carbonyl (C=O) groups excluding carboxylic acids is 2. The van der Waals surface area contributed by atoms with Gasteiger partial charge < -0.3 is 10.1 Å². The molecule has 26 heavy (non-hydrogen) atoms. The maximum absolute atomic E-state index is 12.0. The van der Waals surface area contributed by atoms with Crippen molar-refractivity contribution in [1.82, 2.24) is 5.32 Å². The van der Waals surface area contributed by atoms with E-state index < -0.39 is 6.10 Å². The molecule has 1 atom stereocenters. The molecule has 0 spiro atoms. The molecule has 4 nitrogen and oxygen atoms in total. The summed E-state index contributed by atoms with van der Waals surface area (Å²) in [5.41, 5.74) is 2.37. The van der Waals surface area contributed by atoms with Crippen LogP contribution in [-0.2, 0) is 20.7 Å². The number of ether oxygens (including phenoxy) is 1. The lowest BCUT2D eigenvalue weighted by molar-refractivity contribution is -0.154. The van der Waals surface area contributed by atoms with Crippen LogP contribution < -0.4 is 5.32 Å². The van der Waals surface area contributed by atoms with E-state index in [2.05, 4.69) is 5.32 Å². The topological polar surface area (TPSA) is 55.4 Å². The molecule has 2 aromatic rings. The van der Waals surface area contributed by atoms with E-state index in [4.69, 9.17) is 4.74 Å². The van der Waals surface area contributed by atoms with Crippen LogP contribution in [-0.4, -0.2) is 30.3 Å². The highest BCUT2D eigenvalue weighted by atomic mass is 32.2. The first kappa shape index (κ1) is 20.0. The lowest BCUT2D eigenvalue weighted by Gasteiger charge is -2.13. The molecule has 0 saturated heterocycles. The second kappa shape index (κ2) is 10.7. The van der Waals surface area contributed by atoms with Gasteiger partial charge in [-0.25, -0.2) is 0 Å². The van der Waals surface area contributed by atoms with E-state index in [0.29, 0.717) is 12.3 Å². The Bertz CT molecular complexity index is 701. The van der Waals surface area contributed by atoms with Gasteiger partial charge >= 0.3 is 5.97 Å². The Labute approximate surface area is 159 Å². The largest absolute Gasteiger partial charge is 0.453 e. The smallest absolute Gasteiger partial charge is 0.307 e. The zero-order valence-electron chi connectivity index (χ0n) is 15.2. The summed E-state index contributed by atoms with van der Waals surface area (Å²) in [5, 5.41) is 2.80. The number of amides is 1. The molecule has 0 aromatic heterocycles. The van der Waals surface area contributed by atoms with Crippen LogP contribution in [0.1, 0.15) is 24.5 Å². The predicted molar refractivity (Wildman–Crippen MR) is 105 cm³/mol. The van der Waals surface area contributed by atoms with Gasteiger partial charge in [0.1, 0.15) is 0 Å². The summed E-state index contributed by atoms with van der Waals surface area (Å²) < 4.78 is 5.21. The van der Waals surface area contributed by atoms with E-state index in [0.717, 1.165) is 16.9 Å². The molecule has 138 valence electrons. The predicted octanol–water partition coefficient (Wildman–Crippen LogP) is 3.77. The number of hydrogen-bond donors (Lipinski definition) is 1. The molecule has 0 aliphatic rings. The number of benzene rings is 2. The van der Waals surface area contributed by atoms with Gasteiger partial charge in [0.25, 0.3) is 5.91 Å². The first-order chi connectivity index (χ1) is 12.5. The highest BCUT2D eigenvalue weighted by Gasteiger charge is 2.17. The van der Waals surface area contributed by atoms with Crippen LogP contribution in [0.2, 0.25) is 0 Å². The monoisotopic (exact) mass is 371 g/mol. The van der Waals surface area contributed by atoms with Crippen molar-refractivity contribution in [3.63, 3.8) is 0 Å². The molecule has 1 unspecified atom stereocenters. The van der Waals surface area contributed by atoms with Crippen LogP contribution >= 0.6 is 11.8 Å². The maximum Gasteiger partial charge on any atom is 0.307 e. The molecule has 1 amide bonds. The molecule has 0 aliphatic carbocycles. The quantitative estimate of drug-likeness (QED) is 0.538. The van der Waals surface area contributed by atoms with Gasteiger partial charge in [0.2, 0.25) is 0 Å². The molecule has 0 radical (unpaired) electrons. The van der Waals surface area contributed by atoms with E-state index in [1.54, 1.807) is 18.7 Å². The molecule has 1 N–H and O–H groups in total. The van der Waals surface area contributed by atoms with E-state index in [1.807, 2.05) is 61.5 Å². The van der Waals surface area contributed by atoms with Crippen molar-refractivity contribution in [3.8, 4) is 0 Å². The number of nitrogens with one attached hydrogen (secondary N) is 1. The lowest BCUT2D eigenvalue weighted by Crippen LogP contribution is -2.36. The maximum atomic E-state index is 12.0. The van der Waals surface area contributed by atoms with Gasteiger partial charge in [-0.05, 0) is 38.0 Å².